The van der Waals surface area contributed by atoms with Crippen LogP contribution in [-0.2, 0) is 34.7 Å². The van der Waals surface area contributed by atoms with Gasteiger partial charge in [-0.15, -0.1) is 0 Å². The van der Waals surface area contributed by atoms with Crippen molar-refractivity contribution in [2.45, 2.75) is 41.2 Å². The molecule has 0 atom stereocenters. The van der Waals surface area contributed by atoms with Crippen molar-refractivity contribution < 1.29 is 32.9 Å². The molecule has 1 aromatic rings. The van der Waals surface area contributed by atoms with Crippen molar-refractivity contribution in [3.63, 3.8) is 0 Å². The molecule has 25 heavy (non-hydrogen) atoms. The Morgan fingerprint density at radius 2 is 1.52 bits per heavy atom. The Bertz CT molecular complexity index is 425. The van der Waals surface area contributed by atoms with Gasteiger partial charge in [-0.3, -0.25) is 0 Å². The number of amides is 2. The van der Waals surface area contributed by atoms with Crippen molar-refractivity contribution >= 4 is 12.5 Å². The normalized spacial score (nSPS) is 7.96. The number of ether oxygens (including phenoxy) is 1. The fourth-order valence-electron chi connectivity index (χ4n) is 1.38. The van der Waals surface area contributed by atoms with Gasteiger partial charge in [0.1, 0.15) is 6.61 Å². The smallest absolute Gasteiger partial charge is 0.520 e. The second kappa shape index (κ2) is 20.6. The predicted molar refractivity (Wildman–Crippen MR) is 101 cm³/mol. The first-order valence-electron chi connectivity index (χ1n) is 8.05. The van der Waals surface area contributed by atoms with Gasteiger partial charge in [0.2, 0.25) is 0 Å². The maximum atomic E-state index is 11.7. The van der Waals surface area contributed by atoms with E-state index < -0.39 is 6.09 Å². The molecule has 0 aliphatic carbocycles. The van der Waals surface area contributed by atoms with E-state index in [0.717, 1.165) is 5.56 Å². The monoisotopic (exact) mass is 389 g/mol. The molecule has 0 aliphatic rings. The fraction of sp³-hybridized carbons (Fsp3) is 0.526. The van der Waals surface area contributed by atoms with Crippen LogP contribution >= 0.6 is 0 Å². The summed E-state index contributed by atoms with van der Waals surface area (Å²) in [5.74, 6) is 0. The Hall–Kier alpha value is -1.46. The third kappa shape index (κ3) is 15.8. The van der Waals surface area contributed by atoms with Crippen LogP contribution in [-0.4, -0.2) is 49.5 Å². The SMILES string of the molecule is CC.CC.Cc1ccc(COC(=O)N(C)CCN(C)[C-]=O)cc1.[CH3-].[V+2]. The first-order chi connectivity index (χ1) is 11.0. The van der Waals surface area contributed by atoms with Crippen molar-refractivity contribution in [3.8, 4) is 0 Å². The molecule has 0 saturated carbocycles. The van der Waals surface area contributed by atoms with Crippen molar-refractivity contribution in [2.75, 3.05) is 27.2 Å². The van der Waals surface area contributed by atoms with E-state index in [-0.39, 0.29) is 32.6 Å². The van der Waals surface area contributed by atoms with E-state index in [1.807, 2.05) is 58.9 Å². The zero-order valence-electron chi connectivity index (χ0n) is 17.0. The zero-order valence-corrected chi connectivity index (χ0v) is 18.4. The molecule has 6 heteroatoms. The van der Waals surface area contributed by atoms with Crippen molar-refractivity contribution in [1.82, 2.24) is 9.80 Å². The Morgan fingerprint density at radius 3 is 1.96 bits per heavy atom. The molecule has 0 fully saturated rings. The van der Waals surface area contributed by atoms with E-state index >= 15 is 0 Å². The van der Waals surface area contributed by atoms with Gasteiger partial charge in [-0.1, -0.05) is 57.5 Å². The molecule has 0 bridgehead atoms. The molecule has 0 aromatic heterocycles. The van der Waals surface area contributed by atoms with Gasteiger partial charge in [-0.2, -0.15) is 6.41 Å². The molecule has 143 valence electrons. The molecule has 0 aliphatic heterocycles. The molecule has 0 saturated heterocycles. The van der Waals surface area contributed by atoms with Crippen LogP contribution < -0.4 is 0 Å². The van der Waals surface area contributed by atoms with Crippen LogP contribution in [0.1, 0.15) is 38.8 Å². The summed E-state index contributed by atoms with van der Waals surface area (Å²) in [5.41, 5.74) is 2.12. The van der Waals surface area contributed by atoms with E-state index in [9.17, 15) is 9.59 Å². The van der Waals surface area contributed by atoms with Crippen LogP contribution in [0.4, 0.5) is 4.79 Å². The van der Waals surface area contributed by atoms with Gasteiger partial charge in [-0.05, 0) is 19.5 Å². The molecular weight excluding hydrogens is 355 g/mol. The Balaban J connectivity index is -0.000000342. The number of likely N-dealkylation sites (N-methyl/N-ethyl adjacent to an activating group) is 2. The minimum absolute atomic E-state index is 0. The Morgan fingerprint density at radius 1 is 1.04 bits per heavy atom. The van der Waals surface area contributed by atoms with E-state index in [2.05, 4.69) is 0 Å². The number of benzene rings is 1. The zero-order chi connectivity index (χ0) is 18.3. The summed E-state index contributed by atoms with van der Waals surface area (Å²) in [5, 5.41) is 0. The number of carbonyl (C=O) groups excluding carboxylic acids is 2. The average molecular weight is 389 g/mol. The summed E-state index contributed by atoms with van der Waals surface area (Å²) in [7, 11) is 3.24. The Labute approximate surface area is 166 Å². The van der Waals surface area contributed by atoms with Crippen LogP contribution in [0.5, 0.6) is 0 Å². The van der Waals surface area contributed by atoms with Crippen LogP contribution in [0.3, 0.4) is 0 Å². The molecule has 1 radical (unpaired) electrons. The summed E-state index contributed by atoms with van der Waals surface area (Å²) in [6, 6.07) is 7.80. The van der Waals surface area contributed by atoms with Gasteiger partial charge < -0.3 is 26.8 Å². The number of hydrogen-bond donors (Lipinski definition) is 0. The second-order valence-electron chi connectivity index (χ2n) is 4.47. The number of carbonyl (C=O) groups is 1. The Kier molecular flexibility index (Phi) is 25.8. The van der Waals surface area contributed by atoms with Crippen LogP contribution in [0.15, 0.2) is 24.3 Å². The molecule has 0 heterocycles. The minimum Gasteiger partial charge on any atom is -0.520 e. The van der Waals surface area contributed by atoms with Gasteiger partial charge in [0.15, 0.2) is 0 Å². The molecular formula is C19H34N2O3V. The summed E-state index contributed by atoms with van der Waals surface area (Å²) in [6.07, 6.45) is 1.32. The molecule has 0 N–H and O–H groups in total. The minimum atomic E-state index is -0.403. The number of rotatable bonds is 6. The van der Waals surface area contributed by atoms with Crippen molar-refractivity contribution in [3.05, 3.63) is 42.8 Å². The van der Waals surface area contributed by atoms with E-state index in [1.165, 1.54) is 15.4 Å². The third-order valence-electron chi connectivity index (χ3n) is 2.72. The maximum Gasteiger partial charge on any atom is 2.00 e. The third-order valence-corrected chi connectivity index (χ3v) is 2.72. The van der Waals surface area contributed by atoms with Gasteiger partial charge >= 0.3 is 24.6 Å². The van der Waals surface area contributed by atoms with Crippen LogP contribution in [0.25, 0.3) is 0 Å². The summed E-state index contributed by atoms with van der Waals surface area (Å²) in [4.78, 5) is 24.7. The number of nitrogens with zero attached hydrogens (tertiary/aromatic N) is 2. The number of aryl methyl sites for hydroxylation is 1. The molecule has 1 rings (SSSR count). The van der Waals surface area contributed by atoms with Gasteiger partial charge in [0, 0.05) is 20.1 Å². The summed E-state index contributed by atoms with van der Waals surface area (Å²) in [6.45, 7) is 11.1. The largest absolute Gasteiger partial charge is 2.00 e. The van der Waals surface area contributed by atoms with Crippen molar-refractivity contribution in [1.29, 1.82) is 0 Å². The number of hydrogen-bond acceptors (Lipinski definition) is 3. The quantitative estimate of drug-likeness (QED) is 0.545. The van der Waals surface area contributed by atoms with E-state index in [4.69, 9.17) is 4.74 Å². The fourth-order valence-corrected chi connectivity index (χ4v) is 1.38. The second-order valence-corrected chi connectivity index (χ2v) is 4.47. The van der Waals surface area contributed by atoms with E-state index in [1.54, 1.807) is 20.5 Å². The molecule has 1 aromatic carbocycles. The molecule has 2 amide bonds. The van der Waals surface area contributed by atoms with Crippen LogP contribution in [0.2, 0.25) is 0 Å². The predicted octanol–water partition coefficient (Wildman–Crippen LogP) is 4.06. The summed E-state index contributed by atoms with van der Waals surface area (Å²) < 4.78 is 5.17. The molecule has 0 unspecified atom stereocenters. The first-order valence-corrected chi connectivity index (χ1v) is 8.05. The molecule has 0 spiro atoms. The van der Waals surface area contributed by atoms with Gasteiger partial charge in [0.05, 0.1) is 0 Å². The first kappa shape index (κ1) is 31.3. The van der Waals surface area contributed by atoms with Gasteiger partial charge in [-0.25, -0.2) is 4.79 Å². The van der Waals surface area contributed by atoms with Crippen LogP contribution in [0, 0.1) is 14.4 Å². The maximum absolute atomic E-state index is 11.7. The van der Waals surface area contributed by atoms with Gasteiger partial charge in [0.25, 0.3) is 0 Å². The summed E-state index contributed by atoms with van der Waals surface area (Å²) >= 11 is 0. The molecule has 5 nitrogen and oxygen atoms in total. The van der Waals surface area contributed by atoms with E-state index in [0.29, 0.717) is 13.1 Å². The van der Waals surface area contributed by atoms with Crippen molar-refractivity contribution in [2.24, 2.45) is 0 Å². The average Bonchev–Trinajstić information content (AvgIpc) is 2.61. The standard InChI is InChI=1S/C14H19N2O3.2C2H6.CH3.V/c1-12-4-6-13(7-5-12)10-19-14(18)16(3)9-8-15(2)11-17;2*1-2;;/h4-7H,8-10H2,1-3H3;2*1-2H3;1H3;/q-1;;;-1;+2. The topological polar surface area (TPSA) is 49.9 Å².